The van der Waals surface area contributed by atoms with Crippen LogP contribution in [0.2, 0.25) is 0 Å². The van der Waals surface area contributed by atoms with Gasteiger partial charge in [0, 0.05) is 18.0 Å². The lowest BCUT2D eigenvalue weighted by atomic mass is 10.3. The van der Waals surface area contributed by atoms with Crippen molar-refractivity contribution in [2.24, 2.45) is 0 Å². The molecule has 0 amide bonds. The lowest BCUT2D eigenvalue weighted by Crippen LogP contribution is -1.73. The summed E-state index contributed by atoms with van der Waals surface area (Å²) < 4.78 is 0. The van der Waals surface area contributed by atoms with E-state index in [9.17, 15) is 0 Å². The molecular formula is C8H5N2S. The van der Waals surface area contributed by atoms with Crippen LogP contribution in [0.3, 0.4) is 0 Å². The molecular weight excluding hydrogens is 156 g/mol. The monoisotopic (exact) mass is 161 g/mol. The van der Waals surface area contributed by atoms with Gasteiger partial charge in [0.1, 0.15) is 0 Å². The van der Waals surface area contributed by atoms with Gasteiger partial charge in [-0.05, 0) is 12.1 Å². The number of hydrogen-bond donors (Lipinski definition) is 0. The third-order valence-corrected chi connectivity index (χ3v) is 2.15. The molecule has 0 atom stereocenters. The smallest absolute Gasteiger partial charge is 0.0886 e. The van der Waals surface area contributed by atoms with Gasteiger partial charge in [-0.15, -0.1) is 11.3 Å². The van der Waals surface area contributed by atoms with Gasteiger partial charge in [-0.1, -0.05) is 0 Å². The van der Waals surface area contributed by atoms with E-state index in [1.807, 2.05) is 17.8 Å². The number of rotatable bonds is 1. The Hall–Kier alpha value is -1.22. The van der Waals surface area contributed by atoms with E-state index in [4.69, 9.17) is 0 Å². The first-order valence-corrected chi connectivity index (χ1v) is 4.06. The summed E-state index contributed by atoms with van der Waals surface area (Å²) in [5.74, 6) is 0. The summed E-state index contributed by atoms with van der Waals surface area (Å²) in [6.45, 7) is 0. The lowest BCUT2D eigenvalue weighted by molar-refractivity contribution is 1.31. The largest absolute Gasteiger partial charge is 0.254 e. The van der Waals surface area contributed by atoms with Crippen molar-refractivity contribution in [2.75, 3.05) is 0 Å². The topological polar surface area (TPSA) is 25.8 Å². The van der Waals surface area contributed by atoms with E-state index in [1.165, 1.54) is 0 Å². The highest BCUT2D eigenvalue weighted by Gasteiger charge is 1.96. The van der Waals surface area contributed by atoms with Gasteiger partial charge in [0.05, 0.1) is 16.6 Å². The third-order valence-electron chi connectivity index (χ3n) is 1.33. The first-order valence-electron chi connectivity index (χ1n) is 3.18. The van der Waals surface area contributed by atoms with Crippen LogP contribution in [0.5, 0.6) is 0 Å². The first kappa shape index (κ1) is 6.49. The Balaban J connectivity index is 2.46. The van der Waals surface area contributed by atoms with Gasteiger partial charge in [-0.25, -0.2) is 0 Å². The molecule has 0 unspecified atom stereocenters. The predicted octanol–water partition coefficient (Wildman–Crippen LogP) is 2.01. The number of hydrogen-bond acceptors (Lipinski definition) is 3. The summed E-state index contributed by atoms with van der Waals surface area (Å²) >= 11 is 1.61. The fourth-order valence-corrected chi connectivity index (χ4v) is 1.44. The van der Waals surface area contributed by atoms with Gasteiger partial charge >= 0.3 is 0 Å². The molecule has 2 aromatic heterocycles. The Bertz CT molecular complexity index is 315. The van der Waals surface area contributed by atoms with E-state index in [1.54, 1.807) is 23.6 Å². The van der Waals surface area contributed by atoms with Crippen molar-refractivity contribution in [3.63, 3.8) is 0 Å². The van der Waals surface area contributed by atoms with Crippen LogP contribution < -0.4 is 0 Å². The van der Waals surface area contributed by atoms with Gasteiger partial charge in [0.25, 0.3) is 0 Å². The number of aromatic nitrogens is 2. The highest BCUT2D eigenvalue weighted by Crippen LogP contribution is 2.20. The van der Waals surface area contributed by atoms with Crippen molar-refractivity contribution < 1.29 is 0 Å². The Morgan fingerprint density at radius 2 is 2.36 bits per heavy atom. The molecule has 3 heteroatoms. The molecule has 11 heavy (non-hydrogen) atoms. The first-order chi connectivity index (χ1) is 5.47. The molecule has 0 saturated carbocycles. The standard InChI is InChI=1S/C8H5N2S/c1-2-7(4-9-3-1)8-5-10-6-11-8/h1-2,4-6H. The zero-order valence-corrected chi connectivity index (χ0v) is 6.51. The van der Waals surface area contributed by atoms with E-state index >= 15 is 0 Å². The van der Waals surface area contributed by atoms with Gasteiger partial charge in [0.15, 0.2) is 0 Å². The van der Waals surface area contributed by atoms with Crippen LogP contribution in [0.4, 0.5) is 0 Å². The van der Waals surface area contributed by atoms with E-state index in [0.29, 0.717) is 0 Å². The van der Waals surface area contributed by atoms with Crippen molar-refractivity contribution in [3.8, 4) is 10.4 Å². The quantitative estimate of drug-likeness (QED) is 0.639. The predicted molar refractivity (Wildman–Crippen MR) is 44.2 cm³/mol. The Morgan fingerprint density at radius 3 is 3.00 bits per heavy atom. The SMILES string of the molecule is [c]1ccc(-c2cncs2)cn1. The molecule has 2 nitrogen and oxygen atoms in total. The van der Waals surface area contributed by atoms with Crippen molar-refractivity contribution in [1.29, 1.82) is 0 Å². The molecule has 0 N–H and O–H groups in total. The molecule has 0 bridgehead atoms. The minimum atomic E-state index is 1.10. The molecule has 2 aromatic rings. The second-order valence-electron chi connectivity index (χ2n) is 2.04. The molecule has 0 saturated heterocycles. The molecule has 0 fully saturated rings. The van der Waals surface area contributed by atoms with Gasteiger partial charge in [-0.2, -0.15) is 0 Å². The van der Waals surface area contributed by atoms with E-state index in [2.05, 4.69) is 16.2 Å². The lowest BCUT2D eigenvalue weighted by Gasteiger charge is -1.91. The Morgan fingerprint density at radius 1 is 1.36 bits per heavy atom. The second kappa shape index (κ2) is 2.80. The highest BCUT2D eigenvalue weighted by atomic mass is 32.1. The number of pyridine rings is 1. The van der Waals surface area contributed by atoms with E-state index in [0.717, 1.165) is 10.4 Å². The zero-order chi connectivity index (χ0) is 7.52. The van der Waals surface area contributed by atoms with Crippen LogP contribution in [-0.4, -0.2) is 9.97 Å². The number of nitrogens with zero attached hydrogens (tertiary/aromatic N) is 2. The molecule has 1 radical (unpaired) electrons. The minimum absolute atomic E-state index is 1.10. The third kappa shape index (κ3) is 1.28. The van der Waals surface area contributed by atoms with Crippen LogP contribution in [-0.2, 0) is 0 Å². The van der Waals surface area contributed by atoms with Crippen LogP contribution in [0, 0.1) is 6.20 Å². The van der Waals surface area contributed by atoms with Crippen LogP contribution >= 0.6 is 11.3 Å². The summed E-state index contributed by atoms with van der Waals surface area (Å²) in [7, 11) is 0. The maximum atomic E-state index is 3.98. The van der Waals surface area contributed by atoms with Crippen LogP contribution in [0.15, 0.2) is 30.0 Å². The second-order valence-corrected chi connectivity index (χ2v) is 2.93. The summed E-state index contributed by atoms with van der Waals surface area (Å²) in [5.41, 5.74) is 2.91. The van der Waals surface area contributed by atoms with Gasteiger partial charge in [0.2, 0.25) is 0 Å². The van der Waals surface area contributed by atoms with Crippen molar-refractivity contribution in [3.05, 3.63) is 36.2 Å². The molecule has 2 heterocycles. The van der Waals surface area contributed by atoms with Crippen LogP contribution in [0.25, 0.3) is 10.4 Å². The maximum absolute atomic E-state index is 3.98. The molecule has 0 aromatic carbocycles. The summed E-state index contributed by atoms with van der Waals surface area (Å²) in [4.78, 5) is 9.02. The normalized spacial score (nSPS) is 9.82. The molecule has 0 aliphatic heterocycles. The van der Waals surface area contributed by atoms with Gasteiger partial charge in [-0.3, -0.25) is 9.97 Å². The van der Waals surface area contributed by atoms with Crippen LogP contribution in [0.1, 0.15) is 0 Å². The fourth-order valence-electron chi connectivity index (χ4n) is 0.824. The minimum Gasteiger partial charge on any atom is -0.254 e. The maximum Gasteiger partial charge on any atom is 0.0886 e. The Labute approximate surface area is 68.6 Å². The number of thiazole rings is 1. The summed E-state index contributed by atoms with van der Waals surface area (Å²) in [5, 5.41) is 0. The molecule has 53 valence electrons. The average Bonchev–Trinajstić information content (AvgIpc) is 2.58. The Kier molecular flexibility index (Phi) is 1.65. The van der Waals surface area contributed by atoms with Crippen molar-refractivity contribution >= 4 is 11.3 Å². The summed E-state index contributed by atoms with van der Waals surface area (Å²) in [6.07, 6.45) is 6.35. The van der Waals surface area contributed by atoms with Crippen molar-refractivity contribution in [2.45, 2.75) is 0 Å². The van der Waals surface area contributed by atoms with E-state index < -0.39 is 0 Å². The molecule has 2 rings (SSSR count). The van der Waals surface area contributed by atoms with Crippen molar-refractivity contribution in [1.82, 2.24) is 9.97 Å². The van der Waals surface area contributed by atoms with Gasteiger partial charge < -0.3 is 0 Å². The average molecular weight is 161 g/mol. The molecule has 0 spiro atoms. The summed E-state index contributed by atoms with van der Waals surface area (Å²) in [6, 6.07) is 3.77. The molecule has 0 aliphatic carbocycles. The molecule has 0 aliphatic rings. The fraction of sp³-hybridized carbons (Fsp3) is 0. The highest BCUT2D eigenvalue weighted by molar-refractivity contribution is 7.13. The zero-order valence-electron chi connectivity index (χ0n) is 5.69. The van der Waals surface area contributed by atoms with E-state index in [-0.39, 0.29) is 0 Å².